The molecule has 78 valence electrons. The van der Waals surface area contributed by atoms with Gasteiger partial charge < -0.3 is 0 Å². The summed E-state index contributed by atoms with van der Waals surface area (Å²) >= 11 is 1.76. The Morgan fingerprint density at radius 1 is 1.33 bits per heavy atom. The van der Waals surface area contributed by atoms with Gasteiger partial charge in [0.2, 0.25) is 0 Å². The summed E-state index contributed by atoms with van der Waals surface area (Å²) in [7, 11) is 0. The van der Waals surface area contributed by atoms with Crippen molar-refractivity contribution < 1.29 is 0 Å². The molecule has 0 N–H and O–H groups in total. The number of nitrogens with zero attached hydrogens (tertiary/aromatic N) is 1. The van der Waals surface area contributed by atoms with Crippen molar-refractivity contribution in [1.82, 2.24) is 4.98 Å². The van der Waals surface area contributed by atoms with Crippen LogP contribution in [0.2, 0.25) is 0 Å². The van der Waals surface area contributed by atoms with E-state index in [-0.39, 0.29) is 0 Å². The second kappa shape index (κ2) is 4.23. The van der Waals surface area contributed by atoms with Gasteiger partial charge in [-0.25, -0.2) is 0 Å². The van der Waals surface area contributed by atoms with Gasteiger partial charge in [0.1, 0.15) is 0 Å². The minimum absolute atomic E-state index is 0.999. The third-order valence-corrected chi connectivity index (χ3v) is 3.41. The quantitative estimate of drug-likeness (QED) is 0.709. The monoisotopic (exact) mass is 217 g/mol. The minimum atomic E-state index is 0.999. The van der Waals surface area contributed by atoms with E-state index in [0.29, 0.717) is 0 Å². The van der Waals surface area contributed by atoms with E-state index in [1.54, 1.807) is 11.8 Å². The number of benzene rings is 1. The highest BCUT2D eigenvalue weighted by molar-refractivity contribution is 7.98. The fraction of sp³-hybridized carbons (Fsp3) is 0.308. The van der Waals surface area contributed by atoms with E-state index < -0.39 is 0 Å². The summed E-state index contributed by atoms with van der Waals surface area (Å²) in [5.41, 5.74) is 3.66. The predicted octanol–water partition coefficient (Wildman–Crippen LogP) is 3.83. The topological polar surface area (TPSA) is 12.9 Å². The average molecular weight is 217 g/mol. The molecule has 0 radical (unpaired) electrons. The van der Waals surface area contributed by atoms with E-state index in [0.717, 1.165) is 11.9 Å². The molecule has 2 aromatic rings. The first kappa shape index (κ1) is 10.5. The first-order chi connectivity index (χ1) is 7.26. The van der Waals surface area contributed by atoms with Crippen LogP contribution in [0.25, 0.3) is 10.9 Å². The first-order valence-corrected chi connectivity index (χ1v) is 6.42. The van der Waals surface area contributed by atoms with Crippen LogP contribution in [0, 0.1) is 6.92 Å². The number of para-hydroxylation sites is 1. The van der Waals surface area contributed by atoms with Crippen LogP contribution in [0.1, 0.15) is 18.2 Å². The Kier molecular flexibility index (Phi) is 2.96. The van der Waals surface area contributed by atoms with Crippen molar-refractivity contribution in [3.63, 3.8) is 0 Å². The standard InChI is InChI=1S/C13H15NS/c1-4-10-8-9(2)11-6-5-7-12(15-3)13(11)14-10/h5-8H,4H2,1-3H3. The normalized spacial score (nSPS) is 10.9. The van der Waals surface area contributed by atoms with Crippen LogP contribution >= 0.6 is 11.8 Å². The van der Waals surface area contributed by atoms with E-state index >= 15 is 0 Å². The Labute approximate surface area is 94.9 Å². The van der Waals surface area contributed by atoms with Gasteiger partial charge in [0, 0.05) is 16.0 Å². The van der Waals surface area contributed by atoms with Gasteiger partial charge in [0.15, 0.2) is 0 Å². The summed E-state index contributed by atoms with van der Waals surface area (Å²) in [5, 5.41) is 1.28. The second-order valence-corrected chi connectivity index (χ2v) is 4.49. The molecule has 0 aliphatic carbocycles. The first-order valence-electron chi connectivity index (χ1n) is 5.19. The SMILES string of the molecule is CCc1cc(C)c2cccc(SC)c2n1. The molecule has 0 unspecified atom stereocenters. The van der Waals surface area contributed by atoms with E-state index in [2.05, 4.69) is 44.4 Å². The predicted molar refractivity (Wildman–Crippen MR) is 67.6 cm³/mol. The third-order valence-electron chi connectivity index (χ3n) is 2.64. The summed E-state index contributed by atoms with van der Waals surface area (Å²) in [5.74, 6) is 0. The number of hydrogen-bond acceptors (Lipinski definition) is 2. The van der Waals surface area contributed by atoms with Gasteiger partial charge in [-0.1, -0.05) is 19.1 Å². The van der Waals surface area contributed by atoms with Crippen molar-refractivity contribution in [3.8, 4) is 0 Å². The van der Waals surface area contributed by atoms with Gasteiger partial charge in [0.05, 0.1) is 5.52 Å². The Morgan fingerprint density at radius 2 is 2.13 bits per heavy atom. The molecule has 1 aromatic heterocycles. The number of thioether (sulfide) groups is 1. The molecule has 1 heterocycles. The van der Waals surface area contributed by atoms with Gasteiger partial charge in [-0.2, -0.15) is 0 Å². The van der Waals surface area contributed by atoms with Gasteiger partial charge in [-0.15, -0.1) is 11.8 Å². The Morgan fingerprint density at radius 3 is 2.80 bits per heavy atom. The van der Waals surface area contributed by atoms with Crippen LogP contribution in [0.5, 0.6) is 0 Å². The molecule has 0 aliphatic rings. The lowest BCUT2D eigenvalue weighted by molar-refractivity contribution is 1.04. The molecule has 0 bridgehead atoms. The molecule has 15 heavy (non-hydrogen) atoms. The molecule has 0 spiro atoms. The molecule has 0 amide bonds. The summed E-state index contributed by atoms with van der Waals surface area (Å²) in [6.45, 7) is 4.31. The molecular weight excluding hydrogens is 202 g/mol. The summed E-state index contributed by atoms with van der Waals surface area (Å²) in [6.07, 6.45) is 3.10. The van der Waals surface area contributed by atoms with E-state index in [4.69, 9.17) is 4.98 Å². The number of rotatable bonds is 2. The molecule has 0 saturated heterocycles. The molecule has 1 nitrogen and oxygen atoms in total. The Hall–Kier alpha value is -1.02. The molecule has 0 atom stereocenters. The highest BCUT2D eigenvalue weighted by Crippen LogP contribution is 2.27. The zero-order valence-corrected chi connectivity index (χ0v) is 10.2. The number of pyridine rings is 1. The number of hydrogen-bond donors (Lipinski definition) is 0. The zero-order chi connectivity index (χ0) is 10.8. The third kappa shape index (κ3) is 1.86. The molecule has 0 aliphatic heterocycles. The lowest BCUT2D eigenvalue weighted by Crippen LogP contribution is -1.92. The van der Waals surface area contributed by atoms with Crippen LogP contribution in [-0.4, -0.2) is 11.2 Å². The van der Waals surface area contributed by atoms with E-state index in [1.807, 2.05) is 0 Å². The largest absolute Gasteiger partial charge is 0.252 e. The molecular formula is C13H15NS. The van der Waals surface area contributed by atoms with E-state index in [1.165, 1.54) is 21.5 Å². The molecule has 2 rings (SSSR count). The van der Waals surface area contributed by atoms with Crippen molar-refractivity contribution in [1.29, 1.82) is 0 Å². The maximum absolute atomic E-state index is 4.70. The summed E-state index contributed by atoms with van der Waals surface area (Å²) in [4.78, 5) is 5.97. The Balaban J connectivity index is 2.79. The summed E-state index contributed by atoms with van der Waals surface area (Å²) in [6, 6.07) is 8.58. The highest BCUT2D eigenvalue weighted by atomic mass is 32.2. The van der Waals surface area contributed by atoms with Crippen molar-refractivity contribution in [2.24, 2.45) is 0 Å². The lowest BCUT2D eigenvalue weighted by Gasteiger charge is -2.07. The number of aryl methyl sites for hydroxylation is 2. The number of aromatic nitrogens is 1. The second-order valence-electron chi connectivity index (χ2n) is 3.64. The van der Waals surface area contributed by atoms with E-state index in [9.17, 15) is 0 Å². The molecule has 2 heteroatoms. The van der Waals surface area contributed by atoms with Crippen molar-refractivity contribution in [2.75, 3.05) is 6.26 Å². The molecule has 0 fully saturated rings. The highest BCUT2D eigenvalue weighted by Gasteiger charge is 2.05. The zero-order valence-electron chi connectivity index (χ0n) is 9.37. The van der Waals surface area contributed by atoms with Gasteiger partial charge in [-0.05, 0) is 37.3 Å². The fourth-order valence-electron chi connectivity index (χ4n) is 1.81. The maximum atomic E-state index is 4.70. The number of fused-ring (bicyclic) bond motifs is 1. The lowest BCUT2D eigenvalue weighted by atomic mass is 10.1. The molecule has 1 aromatic carbocycles. The van der Waals surface area contributed by atoms with Crippen LogP contribution < -0.4 is 0 Å². The van der Waals surface area contributed by atoms with Crippen LogP contribution in [0.3, 0.4) is 0 Å². The fourth-order valence-corrected chi connectivity index (χ4v) is 2.37. The van der Waals surface area contributed by atoms with Gasteiger partial charge in [-0.3, -0.25) is 4.98 Å². The molecule has 0 saturated carbocycles. The van der Waals surface area contributed by atoms with Crippen LogP contribution in [0.4, 0.5) is 0 Å². The Bertz CT molecular complexity index is 491. The minimum Gasteiger partial charge on any atom is -0.252 e. The van der Waals surface area contributed by atoms with Gasteiger partial charge in [0.25, 0.3) is 0 Å². The average Bonchev–Trinajstić information content (AvgIpc) is 2.28. The van der Waals surface area contributed by atoms with Crippen molar-refractivity contribution in [2.45, 2.75) is 25.2 Å². The summed E-state index contributed by atoms with van der Waals surface area (Å²) < 4.78 is 0. The van der Waals surface area contributed by atoms with Crippen LogP contribution in [0.15, 0.2) is 29.2 Å². The maximum Gasteiger partial charge on any atom is 0.0843 e. The van der Waals surface area contributed by atoms with Crippen molar-refractivity contribution in [3.05, 3.63) is 35.5 Å². The smallest absolute Gasteiger partial charge is 0.0843 e. The van der Waals surface area contributed by atoms with Crippen molar-refractivity contribution >= 4 is 22.7 Å². The van der Waals surface area contributed by atoms with Crippen LogP contribution in [-0.2, 0) is 6.42 Å². The van der Waals surface area contributed by atoms with Gasteiger partial charge >= 0.3 is 0 Å².